The SMILES string of the molecule is Cc1cccn2c(=O)c(C=C3SC(=S)N(Cc4ccccc4Cl)C3=O)c(N3CCN(c4ccc(F)cc4)CC3)nc12. The van der Waals surface area contributed by atoms with E-state index in [1.54, 1.807) is 36.5 Å². The first-order valence-electron chi connectivity index (χ1n) is 13.1. The number of aryl methyl sites for hydroxylation is 1. The van der Waals surface area contributed by atoms with Gasteiger partial charge >= 0.3 is 0 Å². The van der Waals surface area contributed by atoms with E-state index in [1.807, 2.05) is 31.2 Å². The Labute approximate surface area is 250 Å². The Hall–Kier alpha value is -3.73. The van der Waals surface area contributed by atoms with Gasteiger partial charge in [0.2, 0.25) is 0 Å². The fraction of sp³-hybridized carbons (Fsp3) is 0.200. The van der Waals surface area contributed by atoms with E-state index < -0.39 is 0 Å². The minimum Gasteiger partial charge on any atom is -0.368 e. The highest BCUT2D eigenvalue weighted by Crippen LogP contribution is 2.35. The standard InChI is InChI=1S/C30H25ClFN5O2S2/c1-19-5-4-12-36-26(19)33-27(35-15-13-34(14-16-35)22-10-8-21(32)9-11-22)23(28(36)38)17-25-29(39)37(30(40)41-25)18-20-6-2-3-7-24(20)31/h2-12,17H,13-16,18H2,1H3. The van der Waals surface area contributed by atoms with Crippen molar-refractivity contribution in [2.24, 2.45) is 0 Å². The van der Waals surface area contributed by atoms with Crippen LogP contribution < -0.4 is 15.4 Å². The molecule has 2 aromatic carbocycles. The van der Waals surface area contributed by atoms with Gasteiger partial charge in [0.1, 0.15) is 21.6 Å². The molecule has 2 saturated heterocycles. The predicted octanol–water partition coefficient (Wildman–Crippen LogP) is 5.52. The zero-order chi connectivity index (χ0) is 28.7. The average Bonchev–Trinajstić information content (AvgIpc) is 3.24. The second-order valence-corrected chi connectivity index (χ2v) is 11.9. The molecule has 2 fully saturated rings. The number of fused-ring (bicyclic) bond motifs is 1. The van der Waals surface area contributed by atoms with Crippen LogP contribution in [0.2, 0.25) is 5.02 Å². The van der Waals surface area contributed by atoms with Crippen molar-refractivity contribution in [1.82, 2.24) is 14.3 Å². The summed E-state index contributed by atoms with van der Waals surface area (Å²) in [7, 11) is 0. The predicted molar refractivity (Wildman–Crippen MR) is 167 cm³/mol. The van der Waals surface area contributed by atoms with Crippen molar-refractivity contribution < 1.29 is 9.18 Å². The van der Waals surface area contributed by atoms with Crippen molar-refractivity contribution >= 4 is 69.0 Å². The fourth-order valence-electron chi connectivity index (χ4n) is 5.06. The molecule has 0 N–H and O–H groups in total. The van der Waals surface area contributed by atoms with E-state index in [-0.39, 0.29) is 23.8 Å². The first-order chi connectivity index (χ1) is 19.8. The topological polar surface area (TPSA) is 61.2 Å². The smallest absolute Gasteiger partial charge is 0.267 e. The third-order valence-corrected chi connectivity index (χ3v) is 9.02. The second kappa shape index (κ2) is 11.3. The van der Waals surface area contributed by atoms with Gasteiger partial charge < -0.3 is 9.80 Å². The van der Waals surface area contributed by atoms with E-state index in [4.69, 9.17) is 28.8 Å². The molecule has 4 heterocycles. The van der Waals surface area contributed by atoms with Crippen LogP contribution in [0.5, 0.6) is 0 Å². The number of nitrogens with zero attached hydrogens (tertiary/aromatic N) is 5. The molecule has 6 rings (SSSR count). The quantitative estimate of drug-likeness (QED) is 0.219. The number of hydrogen-bond acceptors (Lipinski definition) is 7. The van der Waals surface area contributed by atoms with Crippen LogP contribution in [-0.2, 0) is 11.3 Å². The summed E-state index contributed by atoms with van der Waals surface area (Å²) < 4.78 is 15.4. The number of rotatable bonds is 5. The molecule has 0 saturated carbocycles. The Kier molecular flexibility index (Phi) is 7.54. The van der Waals surface area contributed by atoms with E-state index in [0.29, 0.717) is 57.5 Å². The molecule has 0 radical (unpaired) electrons. The molecular weight excluding hydrogens is 581 g/mol. The van der Waals surface area contributed by atoms with Gasteiger partial charge in [-0.15, -0.1) is 0 Å². The highest BCUT2D eigenvalue weighted by Gasteiger charge is 2.33. The Morgan fingerprint density at radius 3 is 2.44 bits per heavy atom. The summed E-state index contributed by atoms with van der Waals surface area (Å²) in [5.41, 5.74) is 3.24. The Morgan fingerprint density at radius 2 is 1.71 bits per heavy atom. The molecule has 0 unspecified atom stereocenters. The van der Waals surface area contributed by atoms with E-state index in [1.165, 1.54) is 33.2 Å². The molecule has 0 aliphatic carbocycles. The van der Waals surface area contributed by atoms with Gasteiger partial charge in [0.15, 0.2) is 0 Å². The molecule has 0 spiro atoms. The van der Waals surface area contributed by atoms with Crippen LogP contribution in [0.25, 0.3) is 11.7 Å². The molecule has 11 heteroatoms. The van der Waals surface area contributed by atoms with Crippen molar-refractivity contribution in [2.45, 2.75) is 13.5 Å². The first-order valence-corrected chi connectivity index (χ1v) is 14.7. The number of anilines is 2. The monoisotopic (exact) mass is 605 g/mol. The van der Waals surface area contributed by atoms with Crippen LogP contribution in [0, 0.1) is 12.7 Å². The van der Waals surface area contributed by atoms with Gasteiger partial charge in [-0.05, 0) is 60.5 Å². The number of carbonyl (C=O) groups excluding carboxylic acids is 1. The number of benzene rings is 2. The highest BCUT2D eigenvalue weighted by atomic mass is 35.5. The van der Waals surface area contributed by atoms with Gasteiger partial charge in [-0.25, -0.2) is 9.37 Å². The summed E-state index contributed by atoms with van der Waals surface area (Å²) in [6.45, 7) is 4.69. The number of pyridine rings is 1. The lowest BCUT2D eigenvalue weighted by Gasteiger charge is -2.37. The second-order valence-electron chi connectivity index (χ2n) is 9.85. The van der Waals surface area contributed by atoms with E-state index in [9.17, 15) is 14.0 Å². The van der Waals surface area contributed by atoms with Gasteiger partial charge in [-0.3, -0.25) is 18.9 Å². The molecule has 7 nitrogen and oxygen atoms in total. The normalized spacial score (nSPS) is 16.9. The molecule has 208 valence electrons. The van der Waals surface area contributed by atoms with Gasteiger partial charge in [0.05, 0.1) is 17.0 Å². The van der Waals surface area contributed by atoms with Crippen molar-refractivity contribution in [1.29, 1.82) is 0 Å². The van der Waals surface area contributed by atoms with Crippen LogP contribution in [0.3, 0.4) is 0 Å². The van der Waals surface area contributed by atoms with E-state index in [0.717, 1.165) is 16.8 Å². The maximum Gasteiger partial charge on any atom is 0.267 e. The van der Waals surface area contributed by atoms with Crippen molar-refractivity contribution in [3.63, 3.8) is 0 Å². The summed E-state index contributed by atoms with van der Waals surface area (Å²) >= 11 is 13.1. The van der Waals surface area contributed by atoms with E-state index in [2.05, 4.69) is 9.80 Å². The van der Waals surface area contributed by atoms with Gasteiger partial charge in [0, 0.05) is 43.1 Å². The third kappa shape index (κ3) is 5.35. The molecule has 4 aromatic rings. The van der Waals surface area contributed by atoms with Crippen LogP contribution in [0.15, 0.2) is 76.6 Å². The largest absolute Gasteiger partial charge is 0.368 e. The molecular formula is C30H25ClFN5O2S2. The molecule has 0 bridgehead atoms. The highest BCUT2D eigenvalue weighted by molar-refractivity contribution is 8.26. The van der Waals surface area contributed by atoms with Crippen molar-refractivity contribution in [3.05, 3.63) is 110 Å². The number of thioether (sulfide) groups is 1. The summed E-state index contributed by atoms with van der Waals surface area (Å²) in [5.74, 6) is -0.0225. The lowest BCUT2D eigenvalue weighted by atomic mass is 10.2. The van der Waals surface area contributed by atoms with Crippen molar-refractivity contribution in [2.75, 3.05) is 36.0 Å². The molecule has 1 amide bonds. The Bertz CT molecular complexity index is 1770. The minimum absolute atomic E-state index is 0.244. The number of piperazine rings is 1. The Balaban J connectivity index is 1.35. The molecule has 2 aliphatic heterocycles. The summed E-state index contributed by atoms with van der Waals surface area (Å²) in [5, 5.41) is 0.555. The van der Waals surface area contributed by atoms with Crippen LogP contribution in [-0.4, -0.2) is 50.7 Å². The number of hydrogen-bond donors (Lipinski definition) is 0. The van der Waals surface area contributed by atoms with Gasteiger partial charge in [0.25, 0.3) is 11.5 Å². The third-order valence-electron chi connectivity index (χ3n) is 7.27. The lowest BCUT2D eigenvalue weighted by Crippen LogP contribution is -2.47. The number of aromatic nitrogens is 2. The zero-order valence-corrected chi connectivity index (χ0v) is 24.5. The number of halogens is 2. The first kappa shape index (κ1) is 27.4. The summed E-state index contributed by atoms with van der Waals surface area (Å²) in [6.07, 6.45) is 3.31. The average molecular weight is 606 g/mol. The lowest BCUT2D eigenvalue weighted by molar-refractivity contribution is -0.122. The molecule has 0 atom stereocenters. The van der Waals surface area contributed by atoms with Gasteiger partial charge in [-0.2, -0.15) is 0 Å². The molecule has 2 aliphatic rings. The Morgan fingerprint density at radius 1 is 1.00 bits per heavy atom. The van der Waals surface area contributed by atoms with Crippen LogP contribution in [0.4, 0.5) is 15.9 Å². The molecule has 2 aromatic heterocycles. The minimum atomic E-state index is -0.277. The number of thiocarbonyl (C=S) groups is 1. The van der Waals surface area contributed by atoms with Crippen LogP contribution >= 0.6 is 35.6 Å². The fourth-order valence-corrected chi connectivity index (χ4v) is 6.49. The number of amides is 1. The summed E-state index contributed by atoms with van der Waals surface area (Å²) in [6, 6.07) is 17.5. The molecule has 41 heavy (non-hydrogen) atoms. The maximum atomic E-state index is 13.9. The zero-order valence-electron chi connectivity index (χ0n) is 22.1. The number of carbonyl (C=O) groups is 1. The maximum absolute atomic E-state index is 13.9. The summed E-state index contributed by atoms with van der Waals surface area (Å²) in [4.78, 5) is 38.4. The van der Waals surface area contributed by atoms with Gasteiger partial charge in [-0.1, -0.05) is 59.8 Å². The van der Waals surface area contributed by atoms with Crippen molar-refractivity contribution in [3.8, 4) is 0 Å². The van der Waals surface area contributed by atoms with E-state index >= 15 is 0 Å². The van der Waals surface area contributed by atoms with Crippen LogP contribution in [0.1, 0.15) is 16.7 Å².